The number of carbonyl (C=O) groups is 2. The third-order valence-corrected chi connectivity index (χ3v) is 6.02. The van der Waals surface area contributed by atoms with Crippen LogP contribution in [-0.2, 0) is 14.3 Å². The number of hydrogen-bond donors (Lipinski definition) is 1. The van der Waals surface area contributed by atoms with Crippen molar-refractivity contribution in [2.24, 2.45) is 22.7 Å². The maximum atomic E-state index is 12.4. The molecule has 19 heavy (non-hydrogen) atoms. The molecule has 108 valence electrons. The molecule has 0 aromatic rings. The molecule has 0 aromatic carbocycles. The van der Waals surface area contributed by atoms with Gasteiger partial charge in [0.2, 0.25) is 0 Å². The molecule has 2 aliphatic carbocycles. The Kier molecular flexibility index (Phi) is 3.09. The first kappa shape index (κ1) is 14.5. The third kappa shape index (κ3) is 1.49. The van der Waals surface area contributed by atoms with Crippen LogP contribution < -0.4 is 0 Å². The molecular formula is C15H24O4. The fraction of sp³-hybridized carbons (Fsp3) is 0.867. The Bertz CT molecular complexity index is 428. The van der Waals surface area contributed by atoms with Crippen LogP contribution in [0.1, 0.15) is 47.0 Å². The third-order valence-electron chi connectivity index (χ3n) is 6.02. The van der Waals surface area contributed by atoms with Crippen molar-refractivity contribution in [3.05, 3.63) is 0 Å². The summed E-state index contributed by atoms with van der Waals surface area (Å²) in [6, 6.07) is 0. The quantitative estimate of drug-likeness (QED) is 0.777. The minimum absolute atomic E-state index is 0.00338. The first-order valence-electron chi connectivity index (χ1n) is 6.96. The molecular weight excluding hydrogens is 244 g/mol. The second-order valence-electron chi connectivity index (χ2n) is 6.88. The van der Waals surface area contributed by atoms with Gasteiger partial charge in [0.15, 0.2) is 5.78 Å². The Morgan fingerprint density at radius 3 is 2.32 bits per heavy atom. The van der Waals surface area contributed by atoms with Crippen molar-refractivity contribution in [1.29, 1.82) is 0 Å². The molecule has 0 radical (unpaired) electrons. The summed E-state index contributed by atoms with van der Waals surface area (Å²) in [5.74, 6) is -0.385. The molecule has 0 aromatic heterocycles. The standard InChI is InChI=1S/C15H24O4/c1-9-6-7-11-13(3,4)15(18,10(2)16)8-14(9,11)12(17)19-5/h9,11,18H,6-8H2,1-5H3/t9-,11+,14-,15-/m0/s1. The number of esters is 1. The summed E-state index contributed by atoms with van der Waals surface area (Å²) in [5, 5.41) is 10.9. The number of ether oxygens (including phenoxy) is 1. The van der Waals surface area contributed by atoms with E-state index in [9.17, 15) is 14.7 Å². The molecule has 0 bridgehead atoms. The Hall–Kier alpha value is -0.900. The van der Waals surface area contributed by atoms with E-state index in [4.69, 9.17) is 4.74 Å². The number of fused-ring (bicyclic) bond motifs is 1. The Morgan fingerprint density at radius 2 is 1.84 bits per heavy atom. The monoisotopic (exact) mass is 268 g/mol. The minimum atomic E-state index is -1.43. The highest BCUT2D eigenvalue weighted by molar-refractivity contribution is 5.89. The molecule has 0 heterocycles. The molecule has 0 amide bonds. The normalized spacial score (nSPS) is 43.9. The van der Waals surface area contributed by atoms with Crippen LogP contribution in [0.3, 0.4) is 0 Å². The van der Waals surface area contributed by atoms with Crippen LogP contribution in [0.2, 0.25) is 0 Å². The maximum absolute atomic E-state index is 12.4. The van der Waals surface area contributed by atoms with E-state index in [1.165, 1.54) is 14.0 Å². The summed E-state index contributed by atoms with van der Waals surface area (Å²) < 4.78 is 5.01. The van der Waals surface area contributed by atoms with Gasteiger partial charge in [-0.25, -0.2) is 0 Å². The number of Topliss-reactive ketones (excluding diaryl/α,β-unsaturated/α-hetero) is 1. The fourth-order valence-electron chi connectivity index (χ4n) is 4.70. The van der Waals surface area contributed by atoms with Crippen molar-refractivity contribution in [3.63, 3.8) is 0 Å². The summed E-state index contributed by atoms with van der Waals surface area (Å²) in [6.45, 7) is 7.25. The lowest BCUT2D eigenvalue weighted by atomic mass is 9.68. The molecule has 0 unspecified atom stereocenters. The molecule has 0 aliphatic heterocycles. The largest absolute Gasteiger partial charge is 0.469 e. The molecule has 2 saturated carbocycles. The zero-order chi connectivity index (χ0) is 14.6. The Balaban J connectivity index is 2.58. The van der Waals surface area contributed by atoms with E-state index in [0.29, 0.717) is 0 Å². The van der Waals surface area contributed by atoms with Gasteiger partial charge in [-0.05, 0) is 31.6 Å². The number of aliphatic hydroxyl groups is 1. The van der Waals surface area contributed by atoms with Crippen LogP contribution in [0.4, 0.5) is 0 Å². The second kappa shape index (κ2) is 4.05. The van der Waals surface area contributed by atoms with E-state index >= 15 is 0 Å². The van der Waals surface area contributed by atoms with E-state index in [0.717, 1.165) is 12.8 Å². The number of methoxy groups -OCH3 is 1. The van der Waals surface area contributed by atoms with Gasteiger partial charge in [0.1, 0.15) is 5.60 Å². The van der Waals surface area contributed by atoms with Crippen molar-refractivity contribution in [2.45, 2.75) is 52.6 Å². The first-order chi connectivity index (χ1) is 8.64. The van der Waals surface area contributed by atoms with E-state index in [-0.39, 0.29) is 30.0 Å². The number of rotatable bonds is 2. The van der Waals surface area contributed by atoms with E-state index in [1.807, 2.05) is 20.8 Å². The van der Waals surface area contributed by atoms with Crippen LogP contribution in [-0.4, -0.2) is 29.6 Å². The summed E-state index contributed by atoms with van der Waals surface area (Å²) >= 11 is 0. The molecule has 0 saturated heterocycles. The molecule has 2 aliphatic rings. The summed E-state index contributed by atoms with van der Waals surface area (Å²) in [6.07, 6.45) is 2.00. The molecule has 2 fully saturated rings. The maximum Gasteiger partial charge on any atom is 0.312 e. The highest BCUT2D eigenvalue weighted by atomic mass is 16.5. The van der Waals surface area contributed by atoms with Crippen LogP contribution in [0.15, 0.2) is 0 Å². The topological polar surface area (TPSA) is 63.6 Å². The van der Waals surface area contributed by atoms with Gasteiger partial charge in [0, 0.05) is 11.8 Å². The van der Waals surface area contributed by atoms with E-state index in [1.54, 1.807) is 0 Å². The number of hydrogen-bond acceptors (Lipinski definition) is 4. The van der Waals surface area contributed by atoms with Gasteiger partial charge in [-0.1, -0.05) is 20.8 Å². The molecule has 0 spiro atoms. The van der Waals surface area contributed by atoms with Crippen molar-refractivity contribution in [1.82, 2.24) is 0 Å². The lowest BCUT2D eigenvalue weighted by Crippen LogP contribution is -2.48. The first-order valence-corrected chi connectivity index (χ1v) is 6.96. The van der Waals surface area contributed by atoms with E-state index in [2.05, 4.69) is 0 Å². The van der Waals surface area contributed by atoms with E-state index < -0.39 is 16.4 Å². The fourth-order valence-corrected chi connectivity index (χ4v) is 4.70. The smallest absolute Gasteiger partial charge is 0.312 e. The van der Waals surface area contributed by atoms with Gasteiger partial charge in [-0.2, -0.15) is 0 Å². The zero-order valence-corrected chi connectivity index (χ0v) is 12.4. The highest BCUT2D eigenvalue weighted by Gasteiger charge is 2.73. The van der Waals surface area contributed by atoms with Gasteiger partial charge in [-0.3, -0.25) is 9.59 Å². The second-order valence-corrected chi connectivity index (χ2v) is 6.88. The van der Waals surface area contributed by atoms with Crippen LogP contribution in [0.25, 0.3) is 0 Å². The summed E-state index contributed by atoms with van der Waals surface area (Å²) in [4.78, 5) is 24.4. The predicted molar refractivity (Wildman–Crippen MR) is 70.4 cm³/mol. The number of ketones is 1. The SMILES string of the molecule is COC(=O)[C@]12C[C@](O)(C(C)=O)C(C)(C)[C@H]1CC[C@@H]2C. The average Bonchev–Trinajstić information content (AvgIpc) is 2.74. The van der Waals surface area contributed by atoms with Crippen molar-refractivity contribution >= 4 is 11.8 Å². The lowest BCUT2D eigenvalue weighted by molar-refractivity contribution is -0.158. The molecule has 1 N–H and O–H groups in total. The zero-order valence-electron chi connectivity index (χ0n) is 12.4. The Labute approximate surface area is 114 Å². The van der Waals surface area contributed by atoms with Crippen LogP contribution >= 0.6 is 0 Å². The summed E-state index contributed by atoms with van der Waals surface area (Å²) in [5.41, 5.74) is -2.74. The van der Waals surface area contributed by atoms with Crippen LogP contribution in [0, 0.1) is 22.7 Å². The molecule has 4 atom stereocenters. The molecule has 2 rings (SSSR count). The predicted octanol–water partition coefficient (Wildman–Crippen LogP) is 1.94. The highest BCUT2D eigenvalue weighted by Crippen LogP contribution is 2.68. The van der Waals surface area contributed by atoms with Gasteiger partial charge in [-0.15, -0.1) is 0 Å². The Morgan fingerprint density at radius 1 is 1.26 bits per heavy atom. The number of carbonyl (C=O) groups excluding carboxylic acids is 2. The van der Waals surface area contributed by atoms with Gasteiger partial charge in [0.25, 0.3) is 0 Å². The molecule has 4 heteroatoms. The van der Waals surface area contributed by atoms with Crippen molar-refractivity contribution < 1.29 is 19.4 Å². The lowest BCUT2D eigenvalue weighted by Gasteiger charge is -2.38. The van der Waals surface area contributed by atoms with Gasteiger partial charge in [0.05, 0.1) is 12.5 Å². The van der Waals surface area contributed by atoms with Crippen LogP contribution in [0.5, 0.6) is 0 Å². The van der Waals surface area contributed by atoms with Gasteiger partial charge < -0.3 is 9.84 Å². The summed E-state index contributed by atoms with van der Waals surface area (Å²) in [7, 11) is 1.39. The van der Waals surface area contributed by atoms with Crippen molar-refractivity contribution in [3.8, 4) is 0 Å². The average molecular weight is 268 g/mol. The van der Waals surface area contributed by atoms with Crippen molar-refractivity contribution in [2.75, 3.05) is 7.11 Å². The molecule has 4 nitrogen and oxygen atoms in total. The van der Waals surface area contributed by atoms with Gasteiger partial charge >= 0.3 is 5.97 Å². The minimum Gasteiger partial charge on any atom is -0.469 e.